The molecule has 2 aromatic heterocycles. The van der Waals surface area contributed by atoms with Crippen LogP contribution < -0.4 is 4.90 Å². The zero-order valence-electron chi connectivity index (χ0n) is 15.6. The first-order valence-electron chi connectivity index (χ1n) is 9.20. The summed E-state index contributed by atoms with van der Waals surface area (Å²) in [5, 5.41) is 1.69. The van der Waals surface area contributed by atoms with Gasteiger partial charge in [0.15, 0.2) is 0 Å². The lowest BCUT2D eigenvalue weighted by molar-refractivity contribution is -0.148. The first kappa shape index (κ1) is 19.0. The van der Waals surface area contributed by atoms with Crippen molar-refractivity contribution in [1.29, 1.82) is 0 Å². The minimum absolute atomic E-state index is 0.158. The standard InChI is InChI=1S/C20H20Cl2N4O2/c1-12(2)28-20(27)15-4-3-8-26(15)17-10-16(25-9-7-23-11-25)13-5-6-14(21)18(22)19(13)24-17/h5-7,9-12,15H,3-4,8H2,1-2H3/t15-/m0/s1. The molecule has 6 nitrogen and oxygen atoms in total. The number of hydrogen-bond donors (Lipinski definition) is 0. The number of nitrogens with zero attached hydrogens (tertiary/aromatic N) is 4. The molecule has 146 valence electrons. The molecule has 0 amide bonds. The first-order valence-corrected chi connectivity index (χ1v) is 9.95. The van der Waals surface area contributed by atoms with Gasteiger partial charge in [-0.2, -0.15) is 0 Å². The minimum Gasteiger partial charge on any atom is -0.461 e. The van der Waals surface area contributed by atoms with Crippen molar-refractivity contribution >= 4 is 45.9 Å². The monoisotopic (exact) mass is 418 g/mol. The quantitative estimate of drug-likeness (QED) is 0.577. The van der Waals surface area contributed by atoms with Crippen molar-refractivity contribution in [2.45, 2.75) is 38.8 Å². The Balaban J connectivity index is 1.85. The molecule has 1 atom stereocenters. The zero-order valence-corrected chi connectivity index (χ0v) is 17.1. The Morgan fingerprint density at radius 1 is 1.32 bits per heavy atom. The number of anilines is 1. The molecular formula is C20H20Cl2N4O2. The topological polar surface area (TPSA) is 60.2 Å². The highest BCUT2D eigenvalue weighted by Crippen LogP contribution is 2.36. The fourth-order valence-corrected chi connectivity index (χ4v) is 3.92. The summed E-state index contributed by atoms with van der Waals surface area (Å²) in [6.45, 7) is 4.42. The van der Waals surface area contributed by atoms with E-state index in [1.807, 2.05) is 41.6 Å². The van der Waals surface area contributed by atoms with Gasteiger partial charge in [0.25, 0.3) is 0 Å². The molecule has 1 fully saturated rings. The van der Waals surface area contributed by atoms with Crippen LogP contribution in [0.2, 0.25) is 10.0 Å². The molecule has 0 N–H and O–H groups in total. The molecule has 1 aliphatic heterocycles. The van der Waals surface area contributed by atoms with E-state index in [1.165, 1.54) is 0 Å². The van der Waals surface area contributed by atoms with Gasteiger partial charge in [-0.15, -0.1) is 0 Å². The summed E-state index contributed by atoms with van der Waals surface area (Å²) in [6, 6.07) is 5.24. The Hall–Kier alpha value is -2.31. The largest absolute Gasteiger partial charge is 0.461 e. The third kappa shape index (κ3) is 3.42. The number of carbonyl (C=O) groups is 1. The van der Waals surface area contributed by atoms with Crippen molar-refractivity contribution in [2.24, 2.45) is 0 Å². The molecule has 0 aliphatic carbocycles. The van der Waals surface area contributed by atoms with Gasteiger partial charge in [0.2, 0.25) is 0 Å². The number of benzene rings is 1. The maximum atomic E-state index is 12.6. The number of esters is 1. The van der Waals surface area contributed by atoms with Crippen LogP contribution in [0.1, 0.15) is 26.7 Å². The number of rotatable bonds is 4. The maximum Gasteiger partial charge on any atom is 0.329 e. The average Bonchev–Trinajstić information content (AvgIpc) is 3.35. The second kappa shape index (κ2) is 7.60. The van der Waals surface area contributed by atoms with Crippen molar-refractivity contribution in [3.63, 3.8) is 0 Å². The molecule has 1 aromatic carbocycles. The lowest BCUT2D eigenvalue weighted by Gasteiger charge is -2.26. The molecule has 0 saturated carbocycles. The van der Waals surface area contributed by atoms with Crippen LogP contribution in [-0.4, -0.2) is 39.2 Å². The summed E-state index contributed by atoms with van der Waals surface area (Å²) in [5.74, 6) is 0.444. The smallest absolute Gasteiger partial charge is 0.329 e. The minimum atomic E-state index is -0.360. The van der Waals surface area contributed by atoms with E-state index >= 15 is 0 Å². The van der Waals surface area contributed by atoms with Crippen LogP contribution >= 0.6 is 23.2 Å². The number of aromatic nitrogens is 3. The van der Waals surface area contributed by atoms with Gasteiger partial charge in [-0.3, -0.25) is 0 Å². The summed E-state index contributed by atoms with van der Waals surface area (Å²) in [6.07, 6.45) is 6.75. The van der Waals surface area contributed by atoms with E-state index in [-0.39, 0.29) is 18.1 Å². The number of fused-ring (bicyclic) bond motifs is 1. The molecule has 0 unspecified atom stereocenters. The third-order valence-electron chi connectivity index (χ3n) is 4.79. The first-order chi connectivity index (χ1) is 13.5. The van der Waals surface area contributed by atoms with Crippen molar-refractivity contribution in [1.82, 2.24) is 14.5 Å². The van der Waals surface area contributed by atoms with Crippen molar-refractivity contribution in [3.05, 3.63) is 47.0 Å². The predicted molar refractivity (Wildman–Crippen MR) is 110 cm³/mol. The maximum absolute atomic E-state index is 12.6. The highest BCUT2D eigenvalue weighted by molar-refractivity contribution is 6.45. The summed E-state index contributed by atoms with van der Waals surface area (Å²) in [7, 11) is 0. The Labute approximate surface area is 173 Å². The third-order valence-corrected chi connectivity index (χ3v) is 5.59. The second-order valence-corrected chi connectivity index (χ2v) is 7.85. The molecule has 4 rings (SSSR count). The van der Waals surface area contributed by atoms with E-state index < -0.39 is 0 Å². The molecule has 1 aliphatic rings. The summed E-state index contributed by atoms with van der Waals surface area (Å²) in [5.41, 5.74) is 1.47. The van der Waals surface area contributed by atoms with Crippen molar-refractivity contribution in [3.8, 4) is 5.69 Å². The molecule has 1 saturated heterocycles. The molecule has 8 heteroatoms. The van der Waals surface area contributed by atoms with Crippen LogP contribution in [0.5, 0.6) is 0 Å². The van der Waals surface area contributed by atoms with Crippen LogP contribution in [0.3, 0.4) is 0 Å². The lowest BCUT2D eigenvalue weighted by Crippen LogP contribution is -2.38. The van der Waals surface area contributed by atoms with Gasteiger partial charge in [-0.1, -0.05) is 23.2 Å². The van der Waals surface area contributed by atoms with E-state index in [4.69, 9.17) is 32.9 Å². The van der Waals surface area contributed by atoms with E-state index in [2.05, 4.69) is 4.98 Å². The van der Waals surface area contributed by atoms with Gasteiger partial charge in [-0.05, 0) is 38.8 Å². The van der Waals surface area contributed by atoms with Crippen LogP contribution in [0.15, 0.2) is 36.9 Å². The number of imidazole rings is 1. The molecule has 0 bridgehead atoms. The lowest BCUT2D eigenvalue weighted by atomic mass is 10.1. The van der Waals surface area contributed by atoms with E-state index in [0.717, 1.165) is 30.5 Å². The SMILES string of the molecule is CC(C)OC(=O)[C@@H]1CCCN1c1cc(-n2ccnc2)c2ccc(Cl)c(Cl)c2n1. The van der Waals surface area contributed by atoms with Crippen molar-refractivity contribution in [2.75, 3.05) is 11.4 Å². The number of carbonyl (C=O) groups excluding carboxylic acids is 1. The van der Waals surface area contributed by atoms with Crippen LogP contribution in [0.25, 0.3) is 16.6 Å². The summed E-state index contributed by atoms with van der Waals surface area (Å²) in [4.78, 5) is 23.5. The van der Waals surface area contributed by atoms with E-state index in [9.17, 15) is 4.79 Å². The summed E-state index contributed by atoms with van der Waals surface area (Å²) < 4.78 is 7.35. The van der Waals surface area contributed by atoms with Gasteiger partial charge in [0.05, 0.1) is 33.7 Å². The van der Waals surface area contributed by atoms with Crippen molar-refractivity contribution < 1.29 is 9.53 Å². The summed E-state index contributed by atoms with van der Waals surface area (Å²) >= 11 is 12.7. The Morgan fingerprint density at radius 3 is 2.86 bits per heavy atom. The molecule has 28 heavy (non-hydrogen) atoms. The fraction of sp³-hybridized carbons (Fsp3) is 0.350. The second-order valence-electron chi connectivity index (χ2n) is 7.06. The predicted octanol–water partition coefficient (Wildman–Crippen LogP) is 4.65. The molecular weight excluding hydrogens is 399 g/mol. The Bertz CT molecular complexity index is 1020. The molecule has 0 radical (unpaired) electrons. The van der Waals surface area contributed by atoms with E-state index in [1.54, 1.807) is 18.6 Å². The number of hydrogen-bond acceptors (Lipinski definition) is 5. The van der Waals surface area contributed by atoms with Gasteiger partial charge in [0.1, 0.15) is 11.9 Å². The van der Waals surface area contributed by atoms with Crippen LogP contribution in [-0.2, 0) is 9.53 Å². The zero-order chi connectivity index (χ0) is 19.8. The van der Waals surface area contributed by atoms with Gasteiger partial charge in [0, 0.05) is 30.4 Å². The van der Waals surface area contributed by atoms with E-state index in [0.29, 0.717) is 21.4 Å². The number of halogens is 2. The van der Waals surface area contributed by atoms with Crippen LogP contribution in [0.4, 0.5) is 5.82 Å². The molecule has 3 heterocycles. The van der Waals surface area contributed by atoms with Gasteiger partial charge in [-0.25, -0.2) is 14.8 Å². The Morgan fingerprint density at radius 2 is 2.14 bits per heavy atom. The Kier molecular flexibility index (Phi) is 5.17. The van der Waals surface area contributed by atoms with Gasteiger partial charge >= 0.3 is 5.97 Å². The number of ether oxygens (including phenoxy) is 1. The van der Waals surface area contributed by atoms with Gasteiger partial charge < -0.3 is 14.2 Å². The molecule has 0 spiro atoms. The fourth-order valence-electron chi connectivity index (χ4n) is 3.56. The number of pyridine rings is 1. The average molecular weight is 419 g/mol. The highest BCUT2D eigenvalue weighted by Gasteiger charge is 2.34. The van der Waals surface area contributed by atoms with Crippen LogP contribution in [0, 0.1) is 0 Å². The normalized spacial score (nSPS) is 16.9. The highest BCUT2D eigenvalue weighted by atomic mass is 35.5. The molecule has 3 aromatic rings.